The molecule has 8 heteroatoms. The molecule has 6 nitrogen and oxygen atoms in total. The van der Waals surface area contributed by atoms with Crippen molar-refractivity contribution in [2.75, 3.05) is 12.4 Å². The molecule has 150 valence electrons. The number of ketones is 1. The summed E-state index contributed by atoms with van der Waals surface area (Å²) in [5.74, 6) is -0.460. The molecule has 0 aliphatic heterocycles. The molecule has 2 aromatic carbocycles. The Morgan fingerprint density at radius 2 is 1.72 bits per heavy atom. The molecule has 3 aromatic rings. The van der Waals surface area contributed by atoms with Gasteiger partial charge in [0.15, 0.2) is 6.61 Å². The van der Waals surface area contributed by atoms with E-state index in [4.69, 9.17) is 20.8 Å². The fraction of sp³-hybridized carbons (Fsp3) is 0.238. The minimum absolute atomic E-state index is 0.0403. The quantitative estimate of drug-likeness (QED) is 0.301. The van der Waals surface area contributed by atoms with Gasteiger partial charge in [0.2, 0.25) is 11.7 Å². The van der Waals surface area contributed by atoms with Crippen molar-refractivity contribution in [1.29, 1.82) is 0 Å². The molecular weight excluding hydrogens is 412 g/mol. The van der Waals surface area contributed by atoms with Gasteiger partial charge in [-0.15, -0.1) is 10.2 Å². The van der Waals surface area contributed by atoms with Crippen LogP contribution in [-0.4, -0.2) is 34.3 Å². The summed E-state index contributed by atoms with van der Waals surface area (Å²) < 4.78 is 10.6. The SMILES string of the molecule is Cc1cc(C)c(C(=O)COC(=O)CSc2nnc(-c3ccc(Cl)cc3)o2)c(C)c1. The number of thioether (sulfide) groups is 1. The normalized spacial score (nSPS) is 10.8. The van der Waals surface area contributed by atoms with Gasteiger partial charge >= 0.3 is 5.97 Å². The van der Waals surface area contributed by atoms with E-state index in [0.717, 1.165) is 34.0 Å². The highest BCUT2D eigenvalue weighted by Crippen LogP contribution is 2.24. The summed E-state index contributed by atoms with van der Waals surface area (Å²) in [4.78, 5) is 24.4. The molecule has 0 saturated carbocycles. The van der Waals surface area contributed by atoms with Crippen LogP contribution in [0.5, 0.6) is 0 Å². The third-order valence-corrected chi connectivity index (χ3v) is 5.18. The number of hydrogen-bond donors (Lipinski definition) is 0. The van der Waals surface area contributed by atoms with Crippen molar-refractivity contribution in [3.8, 4) is 11.5 Å². The third kappa shape index (κ3) is 5.46. The first-order valence-electron chi connectivity index (χ1n) is 8.82. The predicted octanol–water partition coefficient (Wildman–Crippen LogP) is 4.83. The van der Waals surface area contributed by atoms with Crippen molar-refractivity contribution in [3.63, 3.8) is 0 Å². The fourth-order valence-electron chi connectivity index (χ4n) is 2.98. The zero-order chi connectivity index (χ0) is 21.0. The number of ether oxygens (including phenoxy) is 1. The molecule has 0 fully saturated rings. The van der Waals surface area contributed by atoms with E-state index in [1.807, 2.05) is 32.9 Å². The van der Waals surface area contributed by atoms with E-state index < -0.39 is 5.97 Å². The lowest BCUT2D eigenvalue weighted by atomic mass is 9.97. The van der Waals surface area contributed by atoms with E-state index in [0.29, 0.717) is 16.5 Å². The Balaban J connectivity index is 1.52. The van der Waals surface area contributed by atoms with E-state index >= 15 is 0 Å². The van der Waals surface area contributed by atoms with Crippen LogP contribution >= 0.6 is 23.4 Å². The smallest absolute Gasteiger partial charge is 0.316 e. The van der Waals surface area contributed by atoms with Crippen LogP contribution in [0.25, 0.3) is 11.5 Å². The second-order valence-electron chi connectivity index (χ2n) is 6.53. The number of esters is 1. The summed E-state index contributed by atoms with van der Waals surface area (Å²) in [6.07, 6.45) is 0. The lowest BCUT2D eigenvalue weighted by Crippen LogP contribution is -2.17. The van der Waals surface area contributed by atoms with Crippen LogP contribution in [0, 0.1) is 20.8 Å². The van der Waals surface area contributed by atoms with Crippen molar-refractivity contribution in [3.05, 3.63) is 63.7 Å². The van der Waals surface area contributed by atoms with Gasteiger partial charge in [-0.2, -0.15) is 0 Å². The van der Waals surface area contributed by atoms with Crippen LogP contribution in [0.4, 0.5) is 0 Å². The maximum absolute atomic E-state index is 12.4. The third-order valence-electron chi connectivity index (χ3n) is 4.13. The van der Waals surface area contributed by atoms with Crippen LogP contribution in [0.15, 0.2) is 46.0 Å². The summed E-state index contributed by atoms with van der Waals surface area (Å²) in [5.41, 5.74) is 4.16. The molecule has 0 unspecified atom stereocenters. The minimum Gasteiger partial charge on any atom is -0.457 e. The Morgan fingerprint density at radius 3 is 2.38 bits per heavy atom. The Kier molecular flexibility index (Phi) is 6.71. The number of Topliss-reactive ketones (excluding diaryl/α,β-unsaturated/α-hetero) is 1. The first kappa shape index (κ1) is 21.1. The van der Waals surface area contributed by atoms with E-state index in [2.05, 4.69) is 10.2 Å². The predicted molar refractivity (Wildman–Crippen MR) is 111 cm³/mol. The average molecular weight is 431 g/mol. The average Bonchev–Trinajstić information content (AvgIpc) is 3.13. The fourth-order valence-corrected chi connectivity index (χ4v) is 3.66. The molecule has 0 bridgehead atoms. The van der Waals surface area contributed by atoms with Gasteiger partial charge in [0.05, 0.1) is 0 Å². The highest BCUT2D eigenvalue weighted by molar-refractivity contribution is 7.99. The molecule has 0 N–H and O–H groups in total. The number of rotatable bonds is 7. The summed E-state index contributed by atoms with van der Waals surface area (Å²) in [5, 5.41) is 8.69. The van der Waals surface area contributed by atoms with Crippen molar-refractivity contribution in [2.24, 2.45) is 0 Å². The van der Waals surface area contributed by atoms with Crippen molar-refractivity contribution in [1.82, 2.24) is 10.2 Å². The maximum atomic E-state index is 12.4. The number of nitrogens with zero attached hydrogens (tertiary/aromatic N) is 2. The Hall–Kier alpha value is -2.64. The number of aryl methyl sites for hydroxylation is 3. The lowest BCUT2D eigenvalue weighted by Gasteiger charge is -2.10. The van der Waals surface area contributed by atoms with Gasteiger partial charge in [-0.1, -0.05) is 41.1 Å². The molecule has 0 aliphatic carbocycles. The topological polar surface area (TPSA) is 82.3 Å². The second-order valence-corrected chi connectivity index (χ2v) is 7.89. The molecule has 1 aromatic heterocycles. The summed E-state index contributed by atoms with van der Waals surface area (Å²) in [6.45, 7) is 5.42. The van der Waals surface area contributed by atoms with Crippen molar-refractivity contribution < 1.29 is 18.7 Å². The highest BCUT2D eigenvalue weighted by Gasteiger charge is 2.16. The Morgan fingerprint density at radius 1 is 1.07 bits per heavy atom. The highest BCUT2D eigenvalue weighted by atomic mass is 35.5. The van der Waals surface area contributed by atoms with Crippen molar-refractivity contribution in [2.45, 2.75) is 26.0 Å². The van der Waals surface area contributed by atoms with Crippen LogP contribution in [0.1, 0.15) is 27.0 Å². The first-order valence-corrected chi connectivity index (χ1v) is 10.2. The van der Waals surface area contributed by atoms with Crippen molar-refractivity contribution >= 4 is 35.1 Å². The molecule has 0 spiro atoms. The largest absolute Gasteiger partial charge is 0.457 e. The van der Waals surface area contributed by atoms with Crippen LogP contribution in [0.2, 0.25) is 5.02 Å². The van der Waals surface area contributed by atoms with Gasteiger partial charge in [-0.3, -0.25) is 9.59 Å². The number of halogens is 1. The summed E-state index contributed by atoms with van der Waals surface area (Å²) >= 11 is 6.91. The molecule has 0 saturated heterocycles. The molecule has 0 radical (unpaired) electrons. The van der Waals surface area contributed by atoms with Crippen LogP contribution < -0.4 is 0 Å². The maximum Gasteiger partial charge on any atom is 0.316 e. The minimum atomic E-state index is -0.531. The molecular formula is C21H19ClN2O4S. The van der Waals surface area contributed by atoms with Crippen LogP contribution in [-0.2, 0) is 9.53 Å². The lowest BCUT2D eigenvalue weighted by molar-refractivity contribution is -0.139. The standard InChI is InChI=1S/C21H19ClN2O4S/c1-12-8-13(2)19(14(3)9-12)17(25)10-27-18(26)11-29-21-24-23-20(28-21)15-4-6-16(22)7-5-15/h4-9H,10-11H2,1-3H3. The summed E-state index contributed by atoms with van der Waals surface area (Å²) in [7, 11) is 0. The van der Waals surface area contributed by atoms with Gasteiger partial charge in [-0.05, 0) is 56.2 Å². The zero-order valence-electron chi connectivity index (χ0n) is 16.2. The molecule has 29 heavy (non-hydrogen) atoms. The Labute approximate surface area is 177 Å². The van der Waals surface area contributed by atoms with Gasteiger partial charge in [0.25, 0.3) is 5.22 Å². The zero-order valence-corrected chi connectivity index (χ0v) is 17.8. The van der Waals surface area contributed by atoms with E-state index in [1.54, 1.807) is 24.3 Å². The molecule has 0 atom stereocenters. The Bertz CT molecular complexity index is 1020. The van der Waals surface area contributed by atoms with Gasteiger partial charge < -0.3 is 9.15 Å². The first-order chi connectivity index (χ1) is 13.8. The van der Waals surface area contributed by atoms with E-state index in [-0.39, 0.29) is 23.4 Å². The second kappa shape index (κ2) is 9.24. The number of aromatic nitrogens is 2. The number of carbonyl (C=O) groups is 2. The van der Waals surface area contributed by atoms with Crippen LogP contribution in [0.3, 0.4) is 0 Å². The molecule has 0 amide bonds. The van der Waals surface area contributed by atoms with Gasteiger partial charge in [0, 0.05) is 16.1 Å². The molecule has 3 rings (SSSR count). The van der Waals surface area contributed by atoms with Gasteiger partial charge in [0.1, 0.15) is 5.75 Å². The van der Waals surface area contributed by atoms with E-state index in [1.165, 1.54) is 0 Å². The number of carbonyl (C=O) groups excluding carboxylic acids is 2. The monoisotopic (exact) mass is 430 g/mol. The molecule has 0 aliphatic rings. The summed E-state index contributed by atoms with van der Waals surface area (Å²) in [6, 6.07) is 10.8. The number of hydrogen-bond acceptors (Lipinski definition) is 7. The number of benzene rings is 2. The molecule has 1 heterocycles. The van der Waals surface area contributed by atoms with Gasteiger partial charge in [-0.25, -0.2) is 0 Å². The van der Waals surface area contributed by atoms with E-state index in [9.17, 15) is 9.59 Å².